The van der Waals surface area contributed by atoms with Crippen LogP contribution in [-0.4, -0.2) is 18.0 Å². The summed E-state index contributed by atoms with van der Waals surface area (Å²) in [6, 6.07) is 58.1. The van der Waals surface area contributed by atoms with Crippen molar-refractivity contribution in [3.8, 4) is 67.3 Å². The minimum atomic E-state index is -1.32. The van der Waals surface area contributed by atoms with Crippen molar-refractivity contribution < 1.29 is 0 Å². The molecule has 1 heterocycles. The molecule has 0 fully saturated rings. The number of aromatic nitrogens is 2. The summed E-state index contributed by atoms with van der Waals surface area (Å²) < 4.78 is 0. The second-order valence-corrected chi connectivity index (χ2v) is 17.8. The van der Waals surface area contributed by atoms with Gasteiger partial charge < -0.3 is 0 Å². The Morgan fingerprint density at radius 3 is 1.13 bits per heavy atom. The van der Waals surface area contributed by atoms with Gasteiger partial charge in [-0.3, -0.25) is 0 Å². The molecule has 222 valence electrons. The third-order valence-corrected chi connectivity index (χ3v) is 10.5. The maximum atomic E-state index is 5.00. The predicted octanol–water partition coefficient (Wildman–Crippen LogP) is 11.0. The molecule has 3 heteroatoms. The van der Waals surface area contributed by atoms with Crippen LogP contribution in [0, 0.1) is 0 Å². The van der Waals surface area contributed by atoms with E-state index in [0.717, 1.165) is 39.5 Å². The van der Waals surface area contributed by atoms with Crippen LogP contribution in [0.15, 0.2) is 164 Å². The Morgan fingerprint density at radius 2 is 0.696 bits per heavy atom. The highest BCUT2D eigenvalue weighted by Crippen LogP contribution is 2.32. The van der Waals surface area contributed by atoms with Crippen LogP contribution in [0.5, 0.6) is 0 Å². The second kappa shape index (κ2) is 12.5. The van der Waals surface area contributed by atoms with Crippen LogP contribution in [0.1, 0.15) is 0 Å². The summed E-state index contributed by atoms with van der Waals surface area (Å²) in [7, 11) is -1.32. The average Bonchev–Trinajstić information content (AvgIpc) is 3.12. The van der Waals surface area contributed by atoms with Gasteiger partial charge in [-0.2, -0.15) is 0 Å². The fourth-order valence-corrected chi connectivity index (χ4v) is 6.99. The molecule has 0 amide bonds. The van der Waals surface area contributed by atoms with Crippen molar-refractivity contribution in [3.05, 3.63) is 164 Å². The molecule has 0 aliphatic rings. The number of benzene rings is 6. The molecule has 7 aromatic rings. The summed E-state index contributed by atoms with van der Waals surface area (Å²) >= 11 is 0. The Labute approximate surface area is 273 Å². The van der Waals surface area contributed by atoms with Crippen molar-refractivity contribution in [2.75, 3.05) is 0 Å². The van der Waals surface area contributed by atoms with Gasteiger partial charge in [-0.05, 0) is 51.6 Å². The van der Waals surface area contributed by atoms with Crippen molar-refractivity contribution in [1.82, 2.24) is 9.97 Å². The molecule has 7 rings (SSSR count). The van der Waals surface area contributed by atoms with E-state index in [4.69, 9.17) is 9.97 Å². The van der Waals surface area contributed by atoms with Crippen LogP contribution >= 0.6 is 0 Å². The van der Waals surface area contributed by atoms with E-state index in [9.17, 15) is 0 Å². The minimum absolute atomic E-state index is 0.718. The minimum Gasteiger partial charge on any atom is -0.228 e. The quantitative estimate of drug-likeness (QED) is 0.168. The van der Waals surface area contributed by atoms with E-state index in [0.29, 0.717) is 0 Å². The van der Waals surface area contributed by atoms with E-state index in [-0.39, 0.29) is 0 Å². The predicted molar refractivity (Wildman–Crippen MR) is 198 cm³/mol. The summed E-state index contributed by atoms with van der Waals surface area (Å²) in [6.07, 6.45) is 0. The third kappa shape index (κ3) is 6.37. The Morgan fingerprint density at radius 1 is 0.326 bits per heavy atom. The zero-order valence-corrected chi connectivity index (χ0v) is 27.5. The standard InChI is InChI=1S/C43H36N2Si/c1-46(2,3)40-26-24-32(25-27-40)37-17-11-19-39(29-37)38-18-10-16-36(28-38)31-20-22-35(23-21-31)43-44-41(33-12-6-4-7-13-33)30-42(45-43)34-14-8-5-9-15-34/h4-30H,1-3H3. The maximum absolute atomic E-state index is 5.00. The van der Waals surface area contributed by atoms with E-state index in [1.165, 1.54) is 33.0 Å². The van der Waals surface area contributed by atoms with Crippen LogP contribution in [0.2, 0.25) is 19.6 Å². The molecule has 0 saturated heterocycles. The molecule has 0 radical (unpaired) electrons. The molecule has 0 unspecified atom stereocenters. The zero-order chi connectivity index (χ0) is 31.5. The highest BCUT2D eigenvalue weighted by molar-refractivity contribution is 6.88. The van der Waals surface area contributed by atoms with Crippen molar-refractivity contribution in [2.24, 2.45) is 0 Å². The van der Waals surface area contributed by atoms with Crippen LogP contribution in [0.4, 0.5) is 0 Å². The maximum Gasteiger partial charge on any atom is 0.160 e. The number of hydrogen-bond acceptors (Lipinski definition) is 2. The molecule has 0 aliphatic carbocycles. The van der Waals surface area contributed by atoms with Crippen molar-refractivity contribution in [2.45, 2.75) is 19.6 Å². The normalized spacial score (nSPS) is 11.4. The van der Waals surface area contributed by atoms with Gasteiger partial charge in [-0.25, -0.2) is 9.97 Å². The van der Waals surface area contributed by atoms with Gasteiger partial charge in [0.25, 0.3) is 0 Å². The molecule has 1 aromatic heterocycles. The van der Waals surface area contributed by atoms with Crippen molar-refractivity contribution in [3.63, 3.8) is 0 Å². The molecule has 46 heavy (non-hydrogen) atoms. The molecule has 0 bridgehead atoms. The summed E-state index contributed by atoms with van der Waals surface area (Å²) in [4.78, 5) is 9.99. The summed E-state index contributed by atoms with van der Waals surface area (Å²) in [5, 5.41) is 1.48. The van der Waals surface area contributed by atoms with Gasteiger partial charge in [0, 0.05) is 16.7 Å². The molecule has 2 nitrogen and oxygen atoms in total. The molecule has 0 spiro atoms. The highest BCUT2D eigenvalue weighted by Gasteiger charge is 2.16. The van der Waals surface area contributed by atoms with Crippen LogP contribution in [0.3, 0.4) is 0 Å². The van der Waals surface area contributed by atoms with Gasteiger partial charge in [-0.15, -0.1) is 0 Å². The first kappa shape index (κ1) is 29.3. The molecule has 0 aliphatic heterocycles. The average molecular weight is 609 g/mol. The summed E-state index contributed by atoms with van der Waals surface area (Å²) in [5.41, 5.74) is 12.2. The monoisotopic (exact) mass is 608 g/mol. The fourth-order valence-electron chi connectivity index (χ4n) is 5.82. The SMILES string of the molecule is C[Si](C)(C)c1ccc(-c2cccc(-c3cccc(-c4ccc(-c5nc(-c6ccccc6)cc(-c6ccccc6)n5)cc4)c3)c2)cc1. The lowest BCUT2D eigenvalue weighted by atomic mass is 9.96. The smallest absolute Gasteiger partial charge is 0.160 e. The lowest BCUT2D eigenvalue weighted by Gasteiger charge is -2.17. The van der Waals surface area contributed by atoms with E-state index >= 15 is 0 Å². The Bertz CT molecular complexity index is 2040. The second-order valence-electron chi connectivity index (χ2n) is 12.8. The summed E-state index contributed by atoms with van der Waals surface area (Å²) in [6.45, 7) is 7.17. The van der Waals surface area contributed by atoms with E-state index in [1.807, 2.05) is 36.4 Å². The van der Waals surface area contributed by atoms with E-state index in [2.05, 4.69) is 147 Å². The molecular formula is C43H36N2Si. The van der Waals surface area contributed by atoms with Gasteiger partial charge in [0.05, 0.1) is 19.5 Å². The Balaban J connectivity index is 1.19. The van der Waals surface area contributed by atoms with Gasteiger partial charge in [0.2, 0.25) is 0 Å². The fraction of sp³-hybridized carbons (Fsp3) is 0.0698. The largest absolute Gasteiger partial charge is 0.228 e. The van der Waals surface area contributed by atoms with Crippen LogP contribution in [0.25, 0.3) is 67.3 Å². The van der Waals surface area contributed by atoms with Crippen LogP contribution < -0.4 is 5.19 Å². The van der Waals surface area contributed by atoms with Gasteiger partial charge in [-0.1, -0.05) is 170 Å². The third-order valence-electron chi connectivity index (χ3n) is 8.48. The summed E-state index contributed by atoms with van der Waals surface area (Å²) in [5.74, 6) is 0.718. The molecule has 0 saturated carbocycles. The topological polar surface area (TPSA) is 25.8 Å². The molecule has 0 atom stereocenters. The van der Waals surface area contributed by atoms with Crippen LogP contribution in [-0.2, 0) is 0 Å². The number of nitrogens with zero attached hydrogens (tertiary/aromatic N) is 2. The van der Waals surface area contributed by atoms with Gasteiger partial charge >= 0.3 is 0 Å². The zero-order valence-electron chi connectivity index (χ0n) is 26.5. The Kier molecular flexibility index (Phi) is 8.00. The molecule has 6 aromatic carbocycles. The lowest BCUT2D eigenvalue weighted by Crippen LogP contribution is -2.37. The first-order chi connectivity index (χ1) is 22.4. The lowest BCUT2D eigenvalue weighted by molar-refractivity contribution is 1.18. The Hall–Kier alpha value is -5.38. The first-order valence-electron chi connectivity index (χ1n) is 15.8. The van der Waals surface area contributed by atoms with Gasteiger partial charge in [0.1, 0.15) is 0 Å². The van der Waals surface area contributed by atoms with Crippen molar-refractivity contribution >= 4 is 13.3 Å². The number of hydrogen-bond donors (Lipinski definition) is 0. The van der Waals surface area contributed by atoms with Gasteiger partial charge in [0.15, 0.2) is 5.82 Å². The molecular weight excluding hydrogens is 573 g/mol. The molecule has 0 N–H and O–H groups in total. The first-order valence-corrected chi connectivity index (χ1v) is 19.3. The van der Waals surface area contributed by atoms with E-state index in [1.54, 1.807) is 0 Å². The van der Waals surface area contributed by atoms with E-state index < -0.39 is 8.07 Å². The highest BCUT2D eigenvalue weighted by atomic mass is 28.3. The number of rotatable bonds is 7. The van der Waals surface area contributed by atoms with Crippen molar-refractivity contribution in [1.29, 1.82) is 0 Å².